The quantitative estimate of drug-likeness (QED) is 0.872. The van der Waals surface area contributed by atoms with Crippen LogP contribution in [0.3, 0.4) is 0 Å². The van der Waals surface area contributed by atoms with Gasteiger partial charge in [-0.15, -0.1) is 11.3 Å². The monoisotopic (exact) mass is 270 g/mol. The molecule has 0 spiro atoms. The number of thiazole rings is 1. The fourth-order valence-electron chi connectivity index (χ4n) is 2.18. The molecule has 1 atom stereocenters. The maximum atomic E-state index is 10.7. The molecule has 1 saturated heterocycles. The number of likely N-dealkylation sites (tertiary alicyclic amines) is 1. The highest BCUT2D eigenvalue weighted by Crippen LogP contribution is 2.22. The number of aromatic nitrogens is 1. The van der Waals surface area contributed by atoms with Gasteiger partial charge in [-0.05, 0) is 32.7 Å². The molecule has 1 aliphatic heterocycles. The standard InChI is InChI=1S/C12H18N2O3S/c1-12(17)3-2-5-14(6-4-12)7-9-8-18-10(13-9)11(15)16/h8,17H,2-7H2,1H3,(H,15,16). The van der Waals surface area contributed by atoms with Crippen molar-refractivity contribution >= 4 is 17.3 Å². The average Bonchev–Trinajstić information content (AvgIpc) is 2.67. The zero-order valence-corrected chi connectivity index (χ0v) is 11.2. The van der Waals surface area contributed by atoms with Crippen LogP contribution in [0.1, 0.15) is 41.7 Å². The van der Waals surface area contributed by atoms with Crippen molar-refractivity contribution in [2.24, 2.45) is 0 Å². The molecule has 2 rings (SSSR count). The van der Waals surface area contributed by atoms with Crippen LogP contribution in [-0.2, 0) is 6.54 Å². The van der Waals surface area contributed by atoms with Gasteiger partial charge in [-0.25, -0.2) is 9.78 Å². The lowest BCUT2D eigenvalue weighted by atomic mass is 9.98. The first-order valence-corrected chi connectivity index (χ1v) is 6.97. The van der Waals surface area contributed by atoms with Crippen molar-refractivity contribution in [3.63, 3.8) is 0 Å². The smallest absolute Gasteiger partial charge is 0.365 e. The summed E-state index contributed by atoms with van der Waals surface area (Å²) in [7, 11) is 0. The molecular weight excluding hydrogens is 252 g/mol. The van der Waals surface area contributed by atoms with Gasteiger partial charge in [-0.2, -0.15) is 0 Å². The molecule has 0 aliphatic carbocycles. The Kier molecular flexibility index (Phi) is 3.99. The second-order valence-electron chi connectivity index (χ2n) is 5.08. The number of hydrogen-bond donors (Lipinski definition) is 2. The second-order valence-corrected chi connectivity index (χ2v) is 5.93. The number of aliphatic hydroxyl groups is 1. The first-order valence-electron chi connectivity index (χ1n) is 6.09. The van der Waals surface area contributed by atoms with Crippen LogP contribution in [0.25, 0.3) is 0 Å². The minimum absolute atomic E-state index is 0.145. The van der Waals surface area contributed by atoms with Crippen molar-refractivity contribution in [1.29, 1.82) is 0 Å². The Bertz CT molecular complexity index is 431. The zero-order valence-electron chi connectivity index (χ0n) is 10.4. The van der Waals surface area contributed by atoms with E-state index in [0.717, 1.165) is 49.4 Å². The average molecular weight is 270 g/mol. The van der Waals surface area contributed by atoms with Crippen LogP contribution < -0.4 is 0 Å². The van der Waals surface area contributed by atoms with Crippen LogP contribution in [0.2, 0.25) is 0 Å². The number of nitrogens with zero attached hydrogens (tertiary/aromatic N) is 2. The van der Waals surface area contributed by atoms with E-state index < -0.39 is 11.6 Å². The number of rotatable bonds is 3. The lowest BCUT2D eigenvalue weighted by Crippen LogP contribution is -2.28. The summed E-state index contributed by atoms with van der Waals surface area (Å²) in [6.45, 7) is 4.30. The third-order valence-corrected chi connectivity index (χ3v) is 4.16. The van der Waals surface area contributed by atoms with E-state index in [-0.39, 0.29) is 5.01 Å². The Hall–Kier alpha value is -0.980. The Labute approximate surface area is 110 Å². The van der Waals surface area contributed by atoms with Crippen LogP contribution in [-0.4, -0.2) is 44.8 Å². The highest BCUT2D eigenvalue weighted by Gasteiger charge is 2.25. The van der Waals surface area contributed by atoms with Gasteiger partial charge in [0.1, 0.15) is 0 Å². The first kappa shape index (κ1) is 13.5. The fourth-order valence-corrected chi connectivity index (χ4v) is 2.83. The van der Waals surface area contributed by atoms with Gasteiger partial charge in [0, 0.05) is 18.5 Å². The third kappa shape index (κ3) is 3.51. The molecule has 2 N–H and O–H groups in total. The van der Waals surface area contributed by atoms with E-state index in [1.807, 2.05) is 6.92 Å². The zero-order chi connectivity index (χ0) is 13.2. The Balaban J connectivity index is 1.94. The van der Waals surface area contributed by atoms with Gasteiger partial charge in [0.2, 0.25) is 5.01 Å². The Morgan fingerprint density at radius 1 is 1.56 bits per heavy atom. The second kappa shape index (κ2) is 5.34. The first-order chi connectivity index (χ1) is 8.46. The number of carbonyl (C=O) groups is 1. The normalized spacial score (nSPS) is 25.9. The van der Waals surface area contributed by atoms with Gasteiger partial charge in [0.05, 0.1) is 11.3 Å². The largest absolute Gasteiger partial charge is 0.476 e. The maximum Gasteiger partial charge on any atom is 0.365 e. The van der Waals surface area contributed by atoms with Crippen LogP contribution in [0.4, 0.5) is 0 Å². The maximum absolute atomic E-state index is 10.7. The highest BCUT2D eigenvalue weighted by molar-refractivity contribution is 7.11. The molecule has 1 unspecified atom stereocenters. The van der Waals surface area contributed by atoms with Crippen LogP contribution in [0, 0.1) is 0 Å². The third-order valence-electron chi connectivity index (χ3n) is 3.28. The minimum Gasteiger partial charge on any atom is -0.476 e. The van der Waals surface area contributed by atoms with Gasteiger partial charge in [0.15, 0.2) is 0 Å². The van der Waals surface area contributed by atoms with Crippen LogP contribution in [0.5, 0.6) is 0 Å². The summed E-state index contributed by atoms with van der Waals surface area (Å²) in [4.78, 5) is 17.1. The lowest BCUT2D eigenvalue weighted by Gasteiger charge is -2.21. The van der Waals surface area contributed by atoms with Crippen molar-refractivity contribution < 1.29 is 15.0 Å². The molecule has 1 aromatic rings. The fraction of sp³-hybridized carbons (Fsp3) is 0.667. The molecular formula is C12H18N2O3S. The predicted molar refractivity (Wildman–Crippen MR) is 68.8 cm³/mol. The molecule has 0 radical (unpaired) electrons. The lowest BCUT2D eigenvalue weighted by molar-refractivity contribution is 0.0444. The van der Waals surface area contributed by atoms with Gasteiger partial charge >= 0.3 is 5.97 Å². The number of carboxylic acids is 1. The van der Waals surface area contributed by atoms with Gasteiger partial charge < -0.3 is 10.2 Å². The molecule has 0 aromatic carbocycles. The summed E-state index contributed by atoms with van der Waals surface area (Å²) in [6, 6.07) is 0. The van der Waals surface area contributed by atoms with E-state index >= 15 is 0 Å². The molecule has 0 bridgehead atoms. The molecule has 100 valence electrons. The van der Waals surface area contributed by atoms with Crippen molar-refractivity contribution in [3.8, 4) is 0 Å². The number of carboxylic acid groups (broad SMARTS) is 1. The molecule has 18 heavy (non-hydrogen) atoms. The molecule has 1 aliphatic rings. The summed E-state index contributed by atoms with van der Waals surface area (Å²) >= 11 is 1.16. The minimum atomic E-state index is -0.968. The summed E-state index contributed by atoms with van der Waals surface area (Å²) < 4.78 is 0. The van der Waals surface area contributed by atoms with Crippen molar-refractivity contribution in [1.82, 2.24) is 9.88 Å². The molecule has 1 aromatic heterocycles. The number of hydrogen-bond acceptors (Lipinski definition) is 5. The van der Waals surface area contributed by atoms with Crippen LogP contribution in [0.15, 0.2) is 5.38 Å². The summed E-state index contributed by atoms with van der Waals surface area (Å²) in [6.07, 6.45) is 2.53. The van der Waals surface area contributed by atoms with E-state index in [9.17, 15) is 9.90 Å². The molecule has 5 nitrogen and oxygen atoms in total. The molecule has 0 amide bonds. The Morgan fingerprint density at radius 3 is 3.00 bits per heavy atom. The molecule has 2 heterocycles. The number of aromatic carboxylic acids is 1. The van der Waals surface area contributed by atoms with Gasteiger partial charge in [-0.1, -0.05) is 0 Å². The van der Waals surface area contributed by atoms with Crippen molar-refractivity contribution in [2.45, 2.75) is 38.3 Å². The molecule has 1 fully saturated rings. The van der Waals surface area contributed by atoms with E-state index in [2.05, 4.69) is 9.88 Å². The Morgan fingerprint density at radius 2 is 2.33 bits per heavy atom. The van der Waals surface area contributed by atoms with E-state index in [1.165, 1.54) is 0 Å². The van der Waals surface area contributed by atoms with Crippen LogP contribution >= 0.6 is 11.3 Å². The van der Waals surface area contributed by atoms with Gasteiger partial charge in [0.25, 0.3) is 0 Å². The SMILES string of the molecule is CC1(O)CCCN(Cc2csc(C(=O)O)n2)CC1. The van der Waals surface area contributed by atoms with Crippen molar-refractivity contribution in [3.05, 3.63) is 16.1 Å². The summed E-state index contributed by atoms with van der Waals surface area (Å²) in [5, 5.41) is 20.8. The van der Waals surface area contributed by atoms with E-state index in [0.29, 0.717) is 6.54 Å². The van der Waals surface area contributed by atoms with Gasteiger partial charge in [-0.3, -0.25) is 4.90 Å². The van der Waals surface area contributed by atoms with E-state index in [1.54, 1.807) is 5.38 Å². The highest BCUT2D eigenvalue weighted by atomic mass is 32.1. The summed E-state index contributed by atoms with van der Waals surface area (Å²) in [5.74, 6) is -0.968. The molecule has 0 saturated carbocycles. The molecule has 6 heteroatoms. The topological polar surface area (TPSA) is 73.7 Å². The summed E-state index contributed by atoms with van der Waals surface area (Å²) in [5.41, 5.74) is 0.238. The van der Waals surface area contributed by atoms with E-state index in [4.69, 9.17) is 5.11 Å². The predicted octanol–water partition coefficient (Wildman–Crippen LogP) is 1.58. The van der Waals surface area contributed by atoms with Crippen molar-refractivity contribution in [2.75, 3.05) is 13.1 Å².